The number of hydrogen-bond acceptors (Lipinski definition) is 8. The van der Waals surface area contributed by atoms with Gasteiger partial charge in [-0.25, -0.2) is 14.9 Å². The fraction of sp³-hybridized carbons (Fsp3) is 0.167. The molecule has 392 valence electrons. The summed E-state index contributed by atoms with van der Waals surface area (Å²) < 4.78 is 0. The van der Waals surface area contributed by atoms with Crippen molar-refractivity contribution in [1.82, 2.24) is 34.8 Å². The van der Waals surface area contributed by atoms with Gasteiger partial charge in [0.15, 0.2) is 23.3 Å². The molecule has 0 saturated carbocycles. The number of allylic oxidation sites excluding steroid dienone is 10. The van der Waals surface area contributed by atoms with E-state index < -0.39 is 0 Å². The molecule has 1 atom stereocenters. The van der Waals surface area contributed by atoms with E-state index in [-0.39, 0.29) is 0 Å². The second-order valence-corrected chi connectivity index (χ2v) is 20.7. The van der Waals surface area contributed by atoms with Gasteiger partial charge >= 0.3 is 0 Å². The lowest BCUT2D eigenvalue weighted by atomic mass is 9.90. The standard InChI is InChI=1S/C72H64N8/c1(9-23-53-37-41-55(42-38-53)57-45-49-65(50-46-57)79(63-33-19-7-20-34-63)64-35-21-8-22-36-64)2-10-24-54-39-43-56(44-40-54)58-47-51-66(52-48-58)80(71-75-67(59-25-11-3-12-26-59)73-68(76-71)60-27-13-4-14-28-60)72-77-69(61-29-15-5-16-30-61)74-70(78-72)62-31-17-6-18-32-62/h3-7,11-19,21,25-33,35-45,47-52,57H,1-2,8-10,20,22-24,34,46H2. The van der Waals surface area contributed by atoms with E-state index in [1.54, 1.807) is 0 Å². The van der Waals surface area contributed by atoms with Crippen molar-refractivity contribution in [2.45, 2.75) is 76.5 Å². The number of nitrogens with zero attached hydrogens (tertiary/aromatic N) is 8. The number of unbranched alkanes of at least 4 members (excludes halogenated alkanes) is 3. The molecular formula is C72H64N8. The molecule has 7 aromatic carbocycles. The number of anilines is 3. The molecule has 0 spiro atoms. The number of benzene rings is 7. The van der Waals surface area contributed by atoms with Crippen LogP contribution in [0.1, 0.15) is 80.4 Å². The molecule has 8 heteroatoms. The van der Waals surface area contributed by atoms with Crippen LogP contribution in [0.5, 0.6) is 0 Å². The molecule has 0 radical (unpaired) electrons. The minimum atomic E-state index is 0.381. The van der Waals surface area contributed by atoms with E-state index in [4.69, 9.17) is 29.9 Å². The summed E-state index contributed by atoms with van der Waals surface area (Å²) in [6.45, 7) is 0. The van der Waals surface area contributed by atoms with Gasteiger partial charge in [0.2, 0.25) is 11.9 Å². The van der Waals surface area contributed by atoms with Crippen LogP contribution in [-0.4, -0.2) is 34.8 Å². The third kappa shape index (κ3) is 12.3. The molecule has 0 aliphatic heterocycles. The fourth-order valence-corrected chi connectivity index (χ4v) is 10.8. The molecule has 8 nitrogen and oxygen atoms in total. The number of aryl methyl sites for hydroxylation is 2. The summed E-state index contributed by atoms with van der Waals surface area (Å²) in [6.07, 6.45) is 33.4. The minimum absolute atomic E-state index is 0.381. The third-order valence-electron chi connectivity index (χ3n) is 15.1. The number of hydrogen-bond donors (Lipinski definition) is 0. The van der Waals surface area contributed by atoms with Crippen LogP contribution >= 0.6 is 0 Å². The maximum absolute atomic E-state index is 5.17. The van der Waals surface area contributed by atoms with Gasteiger partial charge in [0.05, 0.1) is 5.69 Å². The first kappa shape index (κ1) is 51.4. The quantitative estimate of drug-likeness (QED) is 0.0741. The highest BCUT2D eigenvalue weighted by Crippen LogP contribution is 2.38. The van der Waals surface area contributed by atoms with Crippen molar-refractivity contribution >= 4 is 17.6 Å². The summed E-state index contributed by atoms with van der Waals surface area (Å²) in [5.41, 5.74) is 14.7. The average Bonchev–Trinajstić information content (AvgIpc) is 3.57. The van der Waals surface area contributed by atoms with Crippen LogP contribution in [0, 0.1) is 0 Å². The maximum atomic E-state index is 5.17. The lowest BCUT2D eigenvalue weighted by Crippen LogP contribution is -2.23. The van der Waals surface area contributed by atoms with Gasteiger partial charge in [-0.3, -0.25) is 0 Å². The molecular weight excluding hydrogens is 977 g/mol. The van der Waals surface area contributed by atoms with Crippen molar-refractivity contribution in [2.75, 3.05) is 4.90 Å². The van der Waals surface area contributed by atoms with Gasteiger partial charge in [-0.05, 0) is 116 Å². The molecule has 3 aliphatic rings. The largest absolute Gasteiger partial charge is 0.315 e. The molecule has 80 heavy (non-hydrogen) atoms. The van der Waals surface area contributed by atoms with E-state index >= 15 is 0 Å². The molecule has 12 rings (SSSR count). The number of rotatable bonds is 19. The summed E-state index contributed by atoms with van der Waals surface area (Å²) >= 11 is 0. The zero-order chi connectivity index (χ0) is 53.7. The average molecular weight is 1040 g/mol. The van der Waals surface area contributed by atoms with E-state index in [2.05, 4.69) is 132 Å². The molecule has 0 amide bonds. The Hall–Kier alpha value is -9.40. The molecule has 1 unspecified atom stereocenters. The van der Waals surface area contributed by atoms with E-state index in [0.29, 0.717) is 41.1 Å². The second kappa shape index (κ2) is 24.9. The second-order valence-electron chi connectivity index (χ2n) is 20.7. The first-order valence-corrected chi connectivity index (χ1v) is 28.4. The highest BCUT2D eigenvalue weighted by molar-refractivity contribution is 5.76. The van der Waals surface area contributed by atoms with Gasteiger partial charge < -0.3 is 4.90 Å². The normalized spacial score (nSPS) is 14.8. The van der Waals surface area contributed by atoms with Crippen molar-refractivity contribution in [2.24, 2.45) is 0 Å². The zero-order valence-corrected chi connectivity index (χ0v) is 45.1. The van der Waals surface area contributed by atoms with Crippen molar-refractivity contribution in [3.63, 3.8) is 0 Å². The van der Waals surface area contributed by atoms with Gasteiger partial charge in [-0.15, -0.1) is 0 Å². The smallest absolute Gasteiger partial charge is 0.241 e. The number of aromatic nitrogens is 6. The first-order chi connectivity index (χ1) is 39.6. The minimum Gasteiger partial charge on any atom is -0.315 e. The van der Waals surface area contributed by atoms with Crippen molar-refractivity contribution in [1.29, 1.82) is 0 Å². The Bertz CT molecular complexity index is 3470. The lowest BCUT2D eigenvalue weighted by Gasteiger charge is -2.33. The third-order valence-corrected chi connectivity index (χ3v) is 15.1. The van der Waals surface area contributed by atoms with Crippen LogP contribution in [-0.2, 0) is 12.8 Å². The van der Waals surface area contributed by atoms with Crippen LogP contribution in [0.2, 0.25) is 0 Å². The fourth-order valence-electron chi connectivity index (χ4n) is 10.8. The highest BCUT2D eigenvalue weighted by Gasteiger charge is 2.25. The van der Waals surface area contributed by atoms with Gasteiger partial charge in [0, 0.05) is 45.3 Å². The van der Waals surface area contributed by atoms with Gasteiger partial charge in [0.1, 0.15) is 0 Å². The van der Waals surface area contributed by atoms with Crippen molar-refractivity contribution in [3.8, 4) is 56.7 Å². The Morgan fingerprint density at radius 2 is 0.863 bits per heavy atom. The predicted molar refractivity (Wildman–Crippen MR) is 327 cm³/mol. The molecule has 0 N–H and O–H groups in total. The van der Waals surface area contributed by atoms with E-state index in [0.717, 1.165) is 84.0 Å². The summed E-state index contributed by atoms with van der Waals surface area (Å²) in [5, 5.41) is 0. The summed E-state index contributed by atoms with van der Waals surface area (Å²) in [7, 11) is 0. The molecule has 0 saturated heterocycles. The lowest BCUT2D eigenvalue weighted by molar-refractivity contribution is 0.516. The van der Waals surface area contributed by atoms with Gasteiger partial charge in [-0.1, -0.05) is 231 Å². The predicted octanol–water partition coefficient (Wildman–Crippen LogP) is 17.9. The van der Waals surface area contributed by atoms with Crippen molar-refractivity contribution in [3.05, 3.63) is 283 Å². The van der Waals surface area contributed by atoms with Crippen LogP contribution in [0.15, 0.2) is 266 Å². The zero-order valence-electron chi connectivity index (χ0n) is 45.1. The van der Waals surface area contributed by atoms with Gasteiger partial charge in [-0.2, -0.15) is 19.9 Å². The Morgan fingerprint density at radius 3 is 1.30 bits per heavy atom. The van der Waals surface area contributed by atoms with Crippen LogP contribution in [0.4, 0.5) is 17.6 Å². The molecule has 2 aromatic heterocycles. The molecule has 9 aromatic rings. The molecule has 0 fully saturated rings. The Kier molecular flexibility index (Phi) is 16.0. The van der Waals surface area contributed by atoms with Crippen LogP contribution in [0.25, 0.3) is 56.7 Å². The highest BCUT2D eigenvalue weighted by atomic mass is 15.4. The van der Waals surface area contributed by atoms with E-state index in [1.165, 1.54) is 59.5 Å². The Labute approximate surface area is 470 Å². The summed E-state index contributed by atoms with van der Waals surface area (Å²) in [6, 6.07) is 67.0. The Morgan fingerprint density at radius 1 is 0.388 bits per heavy atom. The first-order valence-electron chi connectivity index (χ1n) is 28.4. The molecule has 2 heterocycles. The maximum Gasteiger partial charge on any atom is 0.241 e. The monoisotopic (exact) mass is 1040 g/mol. The van der Waals surface area contributed by atoms with E-state index in [1.807, 2.05) is 126 Å². The SMILES string of the molecule is C1=CCCC(N(C2=CCCC=C2)C2=CCC(c3ccc(CCCCCCc4ccc(-c5ccc(N(c6nc(-c7ccccc7)nc(-c7ccccc7)n6)c6nc(-c7ccccc7)nc(-c7ccccc7)n6)cc5)cc4)cc3)C=C2)=C1. The molecule has 0 bridgehead atoms. The van der Waals surface area contributed by atoms with Crippen LogP contribution in [0.3, 0.4) is 0 Å². The summed E-state index contributed by atoms with van der Waals surface area (Å²) in [5.74, 6) is 3.33. The Balaban J connectivity index is 0.710. The van der Waals surface area contributed by atoms with E-state index in [9.17, 15) is 0 Å². The van der Waals surface area contributed by atoms with Crippen LogP contribution < -0.4 is 4.90 Å². The molecule has 3 aliphatic carbocycles. The topological polar surface area (TPSA) is 83.8 Å². The van der Waals surface area contributed by atoms with Crippen molar-refractivity contribution < 1.29 is 0 Å². The van der Waals surface area contributed by atoms with Gasteiger partial charge in [0.25, 0.3) is 0 Å². The summed E-state index contributed by atoms with van der Waals surface area (Å²) in [4.78, 5) is 35.1.